The van der Waals surface area contributed by atoms with Gasteiger partial charge in [-0.15, -0.1) is 0 Å². The first-order valence-corrected chi connectivity index (χ1v) is 9.64. The smallest absolute Gasteiger partial charge is 0.211 e. The molecule has 0 spiro atoms. The van der Waals surface area contributed by atoms with Crippen molar-refractivity contribution in [3.05, 3.63) is 28.2 Å². The lowest BCUT2D eigenvalue weighted by Gasteiger charge is -2.27. The van der Waals surface area contributed by atoms with Crippen LogP contribution < -0.4 is 4.72 Å². The molecule has 0 heterocycles. The van der Waals surface area contributed by atoms with Gasteiger partial charge in [0.2, 0.25) is 10.0 Å². The minimum Gasteiger partial charge on any atom is -0.211 e. The third-order valence-corrected chi connectivity index (χ3v) is 6.92. The zero-order chi connectivity index (χ0) is 14.8. The summed E-state index contributed by atoms with van der Waals surface area (Å²) in [6, 6.07) is 4.33. The molecular formula is C13H16BrCl2NO2S. The Bertz CT molecular complexity index is 580. The predicted octanol–water partition coefficient (Wildman–Crippen LogP) is 4.23. The zero-order valence-corrected chi connectivity index (χ0v) is 14.7. The van der Waals surface area contributed by atoms with Crippen LogP contribution in [0.2, 0.25) is 10.0 Å². The lowest BCUT2D eigenvalue weighted by molar-refractivity contribution is 0.373. The molecule has 2 unspecified atom stereocenters. The highest BCUT2D eigenvalue weighted by Gasteiger charge is 2.25. The minimum absolute atomic E-state index is 0.147. The fraction of sp³-hybridized carbons (Fsp3) is 0.538. The molecule has 7 heteroatoms. The maximum Gasteiger partial charge on any atom is 0.240 e. The van der Waals surface area contributed by atoms with Crippen molar-refractivity contribution in [1.82, 2.24) is 4.72 Å². The zero-order valence-electron chi connectivity index (χ0n) is 10.8. The summed E-state index contributed by atoms with van der Waals surface area (Å²) in [5, 5.41) is 0.587. The first-order valence-electron chi connectivity index (χ1n) is 6.49. The standard InChI is InChI=1S/C13H16BrCl2NO2S/c14-11-4-2-1-3-9(11)8-17-20(18,19)10-5-6-12(15)13(16)7-10/h5-7,9,11,17H,1-4,8H2. The lowest BCUT2D eigenvalue weighted by atomic mass is 9.89. The van der Waals surface area contributed by atoms with Crippen LogP contribution >= 0.6 is 39.1 Å². The minimum atomic E-state index is -3.54. The summed E-state index contributed by atoms with van der Waals surface area (Å²) >= 11 is 15.3. The Morgan fingerprint density at radius 1 is 1.20 bits per heavy atom. The van der Waals surface area contributed by atoms with Gasteiger partial charge in [0.25, 0.3) is 0 Å². The quantitative estimate of drug-likeness (QED) is 0.768. The Balaban J connectivity index is 2.05. The summed E-state index contributed by atoms with van der Waals surface area (Å²) in [4.78, 5) is 0.529. The third-order valence-electron chi connectivity index (χ3n) is 3.55. The van der Waals surface area contributed by atoms with Crippen LogP contribution in [0.25, 0.3) is 0 Å². The fourth-order valence-corrected chi connectivity index (χ4v) is 4.59. The van der Waals surface area contributed by atoms with Gasteiger partial charge in [-0.05, 0) is 37.0 Å². The molecule has 2 rings (SSSR count). The molecule has 1 aliphatic carbocycles. The van der Waals surface area contributed by atoms with Gasteiger partial charge in [0.05, 0.1) is 14.9 Å². The number of sulfonamides is 1. The Labute approximate surface area is 138 Å². The summed E-state index contributed by atoms with van der Waals surface area (Å²) in [5.74, 6) is 0.335. The molecule has 0 amide bonds. The fourth-order valence-electron chi connectivity index (χ4n) is 2.34. The predicted molar refractivity (Wildman–Crippen MR) is 86.3 cm³/mol. The highest BCUT2D eigenvalue weighted by atomic mass is 79.9. The van der Waals surface area contributed by atoms with E-state index in [1.165, 1.54) is 24.6 Å². The Morgan fingerprint density at radius 2 is 1.90 bits per heavy atom. The summed E-state index contributed by atoms with van der Waals surface area (Å²) in [6.45, 7) is 0.443. The highest BCUT2D eigenvalue weighted by Crippen LogP contribution is 2.30. The van der Waals surface area contributed by atoms with E-state index in [-0.39, 0.29) is 9.92 Å². The third kappa shape index (κ3) is 4.10. The molecule has 112 valence electrons. The monoisotopic (exact) mass is 399 g/mol. The molecule has 20 heavy (non-hydrogen) atoms. The van der Waals surface area contributed by atoms with Gasteiger partial charge in [-0.2, -0.15) is 0 Å². The molecule has 1 aromatic carbocycles. The molecule has 0 aromatic heterocycles. The van der Waals surface area contributed by atoms with E-state index in [9.17, 15) is 8.42 Å². The topological polar surface area (TPSA) is 46.2 Å². The average Bonchev–Trinajstić information content (AvgIpc) is 2.41. The van der Waals surface area contributed by atoms with Crippen LogP contribution in [0.3, 0.4) is 0 Å². The number of hydrogen-bond donors (Lipinski definition) is 1. The van der Waals surface area contributed by atoms with Crippen molar-refractivity contribution in [3.8, 4) is 0 Å². The Morgan fingerprint density at radius 3 is 2.55 bits per heavy atom. The molecule has 0 aliphatic heterocycles. The number of rotatable bonds is 4. The van der Waals surface area contributed by atoms with E-state index in [0.717, 1.165) is 19.3 Å². The van der Waals surface area contributed by atoms with Crippen LogP contribution in [-0.2, 0) is 10.0 Å². The second-order valence-corrected chi connectivity index (χ2v) is 8.75. The van der Waals surface area contributed by atoms with E-state index < -0.39 is 10.0 Å². The molecule has 1 fully saturated rings. The van der Waals surface area contributed by atoms with E-state index in [0.29, 0.717) is 22.3 Å². The van der Waals surface area contributed by atoms with Crippen molar-refractivity contribution in [2.24, 2.45) is 5.92 Å². The van der Waals surface area contributed by atoms with Crippen LogP contribution in [0.4, 0.5) is 0 Å². The Kier molecular flexibility index (Phi) is 5.77. The number of benzene rings is 1. The van der Waals surface area contributed by atoms with Crippen LogP contribution in [-0.4, -0.2) is 19.8 Å². The van der Waals surface area contributed by atoms with Gasteiger partial charge in [0.15, 0.2) is 0 Å². The van der Waals surface area contributed by atoms with E-state index in [4.69, 9.17) is 23.2 Å². The molecule has 1 N–H and O–H groups in total. The van der Waals surface area contributed by atoms with Crippen LogP contribution in [0.15, 0.2) is 23.1 Å². The van der Waals surface area contributed by atoms with Gasteiger partial charge in [-0.25, -0.2) is 13.1 Å². The van der Waals surface area contributed by atoms with Gasteiger partial charge in [0.1, 0.15) is 0 Å². The van der Waals surface area contributed by atoms with Gasteiger partial charge >= 0.3 is 0 Å². The van der Waals surface area contributed by atoms with Crippen molar-refractivity contribution < 1.29 is 8.42 Å². The largest absolute Gasteiger partial charge is 0.240 e. The molecule has 0 bridgehead atoms. The number of halogens is 3. The highest BCUT2D eigenvalue weighted by molar-refractivity contribution is 9.09. The van der Waals surface area contributed by atoms with Crippen molar-refractivity contribution in [2.75, 3.05) is 6.54 Å². The summed E-state index contributed by atoms with van der Waals surface area (Å²) < 4.78 is 27.1. The molecule has 0 saturated heterocycles. The van der Waals surface area contributed by atoms with Gasteiger partial charge in [0, 0.05) is 11.4 Å². The molecule has 1 aromatic rings. The van der Waals surface area contributed by atoms with Crippen molar-refractivity contribution in [3.63, 3.8) is 0 Å². The number of hydrogen-bond acceptors (Lipinski definition) is 2. The number of alkyl halides is 1. The maximum absolute atomic E-state index is 12.2. The molecule has 1 saturated carbocycles. The summed E-state index contributed by atoms with van der Waals surface area (Å²) in [5.41, 5.74) is 0. The summed E-state index contributed by atoms with van der Waals surface area (Å²) in [6.07, 6.45) is 4.49. The van der Waals surface area contributed by atoms with E-state index in [1.54, 1.807) is 0 Å². The second-order valence-electron chi connectivity index (χ2n) is 4.99. The van der Waals surface area contributed by atoms with Gasteiger partial charge in [-0.3, -0.25) is 0 Å². The molecular weight excluding hydrogens is 385 g/mol. The van der Waals surface area contributed by atoms with Crippen molar-refractivity contribution in [2.45, 2.75) is 35.4 Å². The molecule has 3 nitrogen and oxygen atoms in total. The molecule has 1 aliphatic rings. The SMILES string of the molecule is O=S(=O)(NCC1CCCCC1Br)c1ccc(Cl)c(Cl)c1. The molecule has 2 atom stereocenters. The maximum atomic E-state index is 12.2. The number of nitrogens with one attached hydrogen (secondary N) is 1. The van der Waals surface area contributed by atoms with Crippen LogP contribution in [0.5, 0.6) is 0 Å². The van der Waals surface area contributed by atoms with Crippen molar-refractivity contribution >= 4 is 49.2 Å². The lowest BCUT2D eigenvalue weighted by Crippen LogP contribution is -2.34. The first kappa shape index (κ1) is 16.6. The van der Waals surface area contributed by atoms with E-state index >= 15 is 0 Å². The van der Waals surface area contributed by atoms with Gasteiger partial charge < -0.3 is 0 Å². The van der Waals surface area contributed by atoms with Crippen LogP contribution in [0.1, 0.15) is 25.7 Å². The normalized spacial score (nSPS) is 23.8. The Hall–Kier alpha value is 0.190. The summed E-state index contributed by atoms with van der Waals surface area (Å²) in [7, 11) is -3.54. The van der Waals surface area contributed by atoms with Gasteiger partial charge in [-0.1, -0.05) is 52.0 Å². The first-order chi connectivity index (χ1) is 9.40. The average molecular weight is 401 g/mol. The van der Waals surface area contributed by atoms with E-state index in [1.807, 2.05) is 0 Å². The van der Waals surface area contributed by atoms with E-state index in [2.05, 4.69) is 20.7 Å². The van der Waals surface area contributed by atoms with Crippen molar-refractivity contribution in [1.29, 1.82) is 0 Å². The second kappa shape index (κ2) is 6.97. The van der Waals surface area contributed by atoms with Crippen LogP contribution in [0, 0.1) is 5.92 Å². The molecule has 0 radical (unpaired) electrons.